The molecule has 1 heterocycles. The van der Waals surface area contributed by atoms with Crippen molar-refractivity contribution >= 4 is 33.5 Å². The number of benzene rings is 1. The van der Waals surface area contributed by atoms with Crippen molar-refractivity contribution in [1.82, 2.24) is 4.98 Å². The maximum Gasteiger partial charge on any atom is 0.417 e. The second-order valence-electron chi connectivity index (χ2n) is 5.95. The lowest BCUT2D eigenvalue weighted by molar-refractivity contribution is -0.137. The molecular weight excluding hydrogens is 443 g/mol. The van der Waals surface area contributed by atoms with Gasteiger partial charge in [-0.2, -0.15) is 21.6 Å². The molecule has 0 saturated carbocycles. The highest BCUT2D eigenvalue weighted by Gasteiger charge is 2.31. The van der Waals surface area contributed by atoms with Crippen LogP contribution < -0.4 is 9.46 Å². The topological polar surface area (TPSA) is 80.6 Å². The number of hydrogen-bond donors (Lipinski definition) is 1. The number of halogens is 4. The van der Waals surface area contributed by atoms with Gasteiger partial charge in [0.05, 0.1) is 10.6 Å². The molecule has 1 aromatic carbocycles. The second-order valence-corrected chi connectivity index (χ2v) is 8.02. The summed E-state index contributed by atoms with van der Waals surface area (Å²) in [6, 6.07) is 5.86. The lowest BCUT2D eigenvalue weighted by Crippen LogP contribution is -2.15. The number of alkyl halides is 3. The summed E-state index contributed by atoms with van der Waals surface area (Å²) in [4.78, 5) is 7.15. The Kier molecular flexibility index (Phi) is 7.27. The monoisotopic (exact) mass is 459 g/mol. The Morgan fingerprint density at radius 3 is 2.53 bits per heavy atom. The van der Waals surface area contributed by atoms with E-state index in [4.69, 9.17) is 16.3 Å². The fourth-order valence-electron chi connectivity index (χ4n) is 2.23. The number of allylic oxidation sites excluding steroid dienone is 2. The normalized spacial score (nSPS) is 12.8. The Balaban J connectivity index is 2.16. The van der Waals surface area contributed by atoms with Crippen molar-refractivity contribution < 1.29 is 26.3 Å². The SMILES string of the molecule is C=C(/C=C(/Cl)C=NC)Oc1ccc(NS(=O)(=O)c2ccc(C(F)(F)F)cn2)cc1C. The minimum absolute atomic E-state index is 0.179. The molecule has 0 bridgehead atoms. The predicted molar refractivity (Wildman–Crippen MR) is 109 cm³/mol. The molecule has 0 amide bonds. The third-order valence-electron chi connectivity index (χ3n) is 3.56. The molecule has 0 aliphatic rings. The van der Waals surface area contributed by atoms with Crippen LogP contribution in [0, 0.1) is 6.92 Å². The fourth-order valence-corrected chi connectivity index (χ4v) is 3.43. The van der Waals surface area contributed by atoms with Gasteiger partial charge in [0, 0.05) is 31.2 Å². The molecule has 0 unspecified atom stereocenters. The van der Waals surface area contributed by atoms with E-state index in [2.05, 4.69) is 21.3 Å². The van der Waals surface area contributed by atoms with Gasteiger partial charge in [0.2, 0.25) is 0 Å². The molecular formula is C19H17ClF3N3O3S. The van der Waals surface area contributed by atoms with Crippen molar-refractivity contribution in [1.29, 1.82) is 0 Å². The minimum atomic E-state index is -4.61. The first kappa shape index (κ1) is 23.4. The van der Waals surface area contributed by atoms with Gasteiger partial charge >= 0.3 is 6.18 Å². The Labute approximate surface area is 176 Å². The Bertz CT molecular complexity index is 1100. The zero-order valence-corrected chi connectivity index (χ0v) is 17.4. The van der Waals surface area contributed by atoms with Crippen molar-refractivity contribution in [2.75, 3.05) is 11.8 Å². The molecule has 160 valence electrons. The largest absolute Gasteiger partial charge is 0.458 e. The van der Waals surface area contributed by atoms with Crippen LogP contribution in [-0.4, -0.2) is 26.7 Å². The van der Waals surface area contributed by atoms with Crippen LogP contribution in [0.15, 0.2) is 70.0 Å². The van der Waals surface area contributed by atoms with Gasteiger partial charge < -0.3 is 4.74 Å². The molecule has 0 atom stereocenters. The Hall–Kier alpha value is -2.85. The summed E-state index contributed by atoms with van der Waals surface area (Å²) in [5.41, 5.74) is -0.289. The first-order valence-electron chi connectivity index (χ1n) is 8.25. The molecule has 30 heavy (non-hydrogen) atoms. The number of hydrogen-bond acceptors (Lipinski definition) is 5. The first-order chi connectivity index (χ1) is 13.9. The zero-order valence-electron chi connectivity index (χ0n) is 15.9. The number of nitrogens with one attached hydrogen (secondary N) is 1. The number of aliphatic imine (C=N–C) groups is 1. The predicted octanol–water partition coefficient (Wildman–Crippen LogP) is 4.93. The molecule has 0 aliphatic heterocycles. The molecule has 2 rings (SSSR count). The van der Waals surface area contributed by atoms with Crippen LogP contribution in [0.4, 0.5) is 18.9 Å². The third-order valence-corrected chi connectivity index (χ3v) is 5.06. The van der Waals surface area contributed by atoms with Crippen LogP contribution in [0.2, 0.25) is 0 Å². The van der Waals surface area contributed by atoms with Gasteiger partial charge in [0.15, 0.2) is 5.03 Å². The van der Waals surface area contributed by atoms with Crippen molar-refractivity contribution in [3.8, 4) is 5.75 Å². The molecule has 6 nitrogen and oxygen atoms in total. The quantitative estimate of drug-likeness (QED) is 0.362. The molecule has 0 saturated heterocycles. The molecule has 1 aromatic heterocycles. The number of ether oxygens (including phenoxy) is 1. The van der Waals surface area contributed by atoms with Crippen LogP contribution in [0.3, 0.4) is 0 Å². The van der Waals surface area contributed by atoms with E-state index < -0.39 is 26.8 Å². The van der Waals surface area contributed by atoms with Gasteiger partial charge in [-0.25, -0.2) is 4.98 Å². The van der Waals surface area contributed by atoms with Crippen molar-refractivity contribution in [3.63, 3.8) is 0 Å². The minimum Gasteiger partial charge on any atom is -0.458 e. The van der Waals surface area contributed by atoms with Crippen molar-refractivity contribution in [2.24, 2.45) is 4.99 Å². The van der Waals surface area contributed by atoms with E-state index in [1.165, 1.54) is 30.5 Å². The van der Waals surface area contributed by atoms with E-state index in [0.717, 1.165) is 6.07 Å². The zero-order chi connectivity index (χ0) is 22.5. The number of pyridine rings is 1. The number of sulfonamides is 1. The summed E-state index contributed by atoms with van der Waals surface area (Å²) in [5.74, 6) is 0.648. The lowest BCUT2D eigenvalue weighted by atomic mass is 10.2. The highest BCUT2D eigenvalue weighted by atomic mass is 35.5. The lowest BCUT2D eigenvalue weighted by Gasteiger charge is -2.12. The van der Waals surface area contributed by atoms with Gasteiger partial charge in [0.1, 0.15) is 11.5 Å². The van der Waals surface area contributed by atoms with E-state index in [1.54, 1.807) is 14.0 Å². The highest BCUT2D eigenvalue weighted by molar-refractivity contribution is 7.92. The molecule has 1 N–H and O–H groups in total. The van der Waals surface area contributed by atoms with Gasteiger partial charge in [0.25, 0.3) is 10.0 Å². The Morgan fingerprint density at radius 1 is 1.30 bits per heavy atom. The summed E-state index contributed by atoms with van der Waals surface area (Å²) in [6.45, 7) is 5.39. The summed E-state index contributed by atoms with van der Waals surface area (Å²) >= 11 is 5.90. The highest BCUT2D eigenvalue weighted by Crippen LogP contribution is 2.29. The molecule has 0 spiro atoms. The van der Waals surface area contributed by atoms with Gasteiger partial charge in [-0.1, -0.05) is 18.2 Å². The van der Waals surface area contributed by atoms with Gasteiger partial charge in [-0.05, 0) is 42.8 Å². The van der Waals surface area contributed by atoms with E-state index in [9.17, 15) is 21.6 Å². The standard InChI is InChI=1S/C19H17ClF3N3O3S/c1-12-8-16(5-6-17(12)29-13(2)9-15(20)11-24-3)26-30(27,28)18-7-4-14(10-25-18)19(21,22)23/h4-11,26H,2H2,1,3H3/b15-9+,24-11?. The number of aryl methyl sites for hydroxylation is 1. The number of rotatable bonds is 7. The van der Waals surface area contributed by atoms with E-state index in [1.807, 2.05) is 0 Å². The van der Waals surface area contributed by atoms with Crippen molar-refractivity contribution in [3.05, 3.63) is 71.1 Å². The number of anilines is 1. The number of nitrogens with zero attached hydrogens (tertiary/aromatic N) is 2. The van der Waals surface area contributed by atoms with E-state index in [-0.39, 0.29) is 11.4 Å². The molecule has 0 fully saturated rings. The maximum absolute atomic E-state index is 12.6. The van der Waals surface area contributed by atoms with Crippen LogP contribution in [0.1, 0.15) is 11.1 Å². The molecule has 0 radical (unpaired) electrons. The summed E-state index contributed by atoms with van der Waals surface area (Å²) in [7, 11) is -2.62. The maximum atomic E-state index is 12.6. The summed E-state index contributed by atoms with van der Waals surface area (Å²) in [6.07, 6.45) is -1.27. The fraction of sp³-hybridized carbons (Fsp3) is 0.158. The molecule has 2 aromatic rings. The number of aromatic nitrogens is 1. The summed E-state index contributed by atoms with van der Waals surface area (Å²) in [5, 5.41) is -0.229. The first-order valence-corrected chi connectivity index (χ1v) is 10.1. The Morgan fingerprint density at radius 2 is 2.00 bits per heavy atom. The second kappa shape index (κ2) is 9.31. The third kappa shape index (κ3) is 6.33. The van der Waals surface area contributed by atoms with Crippen LogP contribution in [0.5, 0.6) is 5.75 Å². The van der Waals surface area contributed by atoms with Gasteiger partial charge in [-0.3, -0.25) is 9.71 Å². The average molecular weight is 460 g/mol. The molecule has 0 aliphatic carbocycles. The smallest absolute Gasteiger partial charge is 0.417 e. The van der Waals surface area contributed by atoms with Gasteiger partial charge in [-0.15, -0.1) is 0 Å². The van der Waals surface area contributed by atoms with Crippen molar-refractivity contribution in [2.45, 2.75) is 18.1 Å². The average Bonchev–Trinajstić information content (AvgIpc) is 2.63. The van der Waals surface area contributed by atoms with Crippen LogP contribution >= 0.6 is 11.6 Å². The summed E-state index contributed by atoms with van der Waals surface area (Å²) < 4.78 is 70.4. The van der Waals surface area contributed by atoms with E-state index >= 15 is 0 Å². The van der Waals surface area contributed by atoms with Crippen LogP contribution in [-0.2, 0) is 16.2 Å². The van der Waals surface area contributed by atoms with Crippen LogP contribution in [0.25, 0.3) is 0 Å². The molecule has 11 heteroatoms. The van der Waals surface area contributed by atoms with E-state index in [0.29, 0.717) is 28.6 Å².